The van der Waals surface area contributed by atoms with Gasteiger partial charge in [-0.1, -0.05) is 0 Å². The van der Waals surface area contributed by atoms with E-state index in [1.807, 2.05) is 0 Å². The molecular weight excluding hydrogens is 297 g/mol. The van der Waals surface area contributed by atoms with Crippen molar-refractivity contribution in [2.75, 3.05) is 39.8 Å². The topological polar surface area (TPSA) is 44.4 Å². The molecule has 1 amide bonds. The quantitative estimate of drug-likeness (QED) is 0.808. The summed E-state index contributed by atoms with van der Waals surface area (Å²) in [5, 5.41) is 6.39. The number of amides is 1. The molecule has 20 heavy (non-hydrogen) atoms. The summed E-state index contributed by atoms with van der Waals surface area (Å²) in [6.45, 7) is 5.39. The predicted molar refractivity (Wildman–Crippen MR) is 87.9 cm³/mol. The minimum absolute atomic E-state index is 0. The van der Waals surface area contributed by atoms with Crippen LogP contribution in [0.25, 0.3) is 0 Å². The van der Waals surface area contributed by atoms with Gasteiger partial charge in [0.15, 0.2) is 0 Å². The van der Waals surface area contributed by atoms with Crippen molar-refractivity contribution in [2.24, 2.45) is 11.8 Å². The van der Waals surface area contributed by atoms with Crippen molar-refractivity contribution in [3.63, 3.8) is 0 Å². The van der Waals surface area contributed by atoms with Gasteiger partial charge in [-0.2, -0.15) is 0 Å². The molecule has 120 valence electrons. The SMILES string of the molecule is CN1CCC(CCNC(=O)CC2CCNC2)CC1.Cl.Cl. The number of likely N-dealkylation sites (tertiary alicyclic amines) is 1. The fourth-order valence-electron chi connectivity index (χ4n) is 2.99. The lowest BCUT2D eigenvalue weighted by Crippen LogP contribution is -2.33. The maximum atomic E-state index is 11.7. The third kappa shape index (κ3) is 7.11. The van der Waals surface area contributed by atoms with Crippen molar-refractivity contribution in [3.8, 4) is 0 Å². The predicted octanol–water partition coefficient (Wildman–Crippen LogP) is 1.68. The molecule has 4 nitrogen and oxygen atoms in total. The molecule has 2 N–H and O–H groups in total. The van der Waals surface area contributed by atoms with Crippen LogP contribution in [0, 0.1) is 11.8 Å². The Morgan fingerprint density at radius 1 is 1.20 bits per heavy atom. The average Bonchev–Trinajstić information content (AvgIpc) is 2.84. The van der Waals surface area contributed by atoms with Gasteiger partial charge in [-0.3, -0.25) is 4.79 Å². The third-order valence-corrected chi connectivity index (χ3v) is 4.35. The molecule has 0 saturated carbocycles. The number of piperidine rings is 1. The molecule has 1 unspecified atom stereocenters. The molecule has 2 fully saturated rings. The highest BCUT2D eigenvalue weighted by molar-refractivity contribution is 5.85. The smallest absolute Gasteiger partial charge is 0.220 e. The largest absolute Gasteiger partial charge is 0.356 e. The second-order valence-corrected chi connectivity index (χ2v) is 5.95. The van der Waals surface area contributed by atoms with Crippen LogP contribution in [0.15, 0.2) is 0 Å². The van der Waals surface area contributed by atoms with E-state index in [0.29, 0.717) is 12.3 Å². The summed E-state index contributed by atoms with van der Waals surface area (Å²) in [4.78, 5) is 14.1. The van der Waals surface area contributed by atoms with Gasteiger partial charge >= 0.3 is 0 Å². The second kappa shape index (κ2) is 10.7. The van der Waals surface area contributed by atoms with Gasteiger partial charge in [0, 0.05) is 13.0 Å². The Hall–Kier alpha value is -0.0300. The van der Waals surface area contributed by atoms with Crippen LogP contribution in [0.3, 0.4) is 0 Å². The molecule has 0 aliphatic carbocycles. The molecule has 0 bridgehead atoms. The van der Waals surface area contributed by atoms with E-state index in [4.69, 9.17) is 0 Å². The Morgan fingerprint density at radius 2 is 1.90 bits per heavy atom. The maximum Gasteiger partial charge on any atom is 0.220 e. The van der Waals surface area contributed by atoms with E-state index in [0.717, 1.165) is 38.4 Å². The van der Waals surface area contributed by atoms with Crippen molar-refractivity contribution in [3.05, 3.63) is 0 Å². The number of hydrogen-bond donors (Lipinski definition) is 2. The summed E-state index contributed by atoms with van der Waals surface area (Å²) in [6, 6.07) is 0. The first kappa shape index (κ1) is 20.0. The summed E-state index contributed by atoms with van der Waals surface area (Å²) >= 11 is 0. The normalized spacial score (nSPS) is 23.8. The molecule has 0 aromatic carbocycles. The number of hydrogen-bond acceptors (Lipinski definition) is 3. The van der Waals surface area contributed by atoms with E-state index >= 15 is 0 Å². The average molecular weight is 326 g/mol. The van der Waals surface area contributed by atoms with Crippen LogP contribution in [0.1, 0.15) is 32.1 Å². The number of rotatable bonds is 5. The van der Waals surface area contributed by atoms with Crippen molar-refractivity contribution in [2.45, 2.75) is 32.1 Å². The van der Waals surface area contributed by atoms with Crippen LogP contribution in [-0.4, -0.2) is 50.6 Å². The highest BCUT2D eigenvalue weighted by Crippen LogP contribution is 2.18. The van der Waals surface area contributed by atoms with Crippen LogP contribution in [-0.2, 0) is 4.79 Å². The number of carbonyl (C=O) groups is 1. The third-order valence-electron chi connectivity index (χ3n) is 4.35. The Labute approximate surface area is 135 Å². The summed E-state index contributed by atoms with van der Waals surface area (Å²) in [7, 11) is 2.19. The molecule has 6 heteroatoms. The zero-order valence-corrected chi connectivity index (χ0v) is 14.0. The summed E-state index contributed by atoms with van der Waals surface area (Å²) in [6.07, 6.45) is 5.60. The van der Waals surface area contributed by atoms with Gasteiger partial charge < -0.3 is 15.5 Å². The van der Waals surface area contributed by atoms with E-state index in [-0.39, 0.29) is 30.7 Å². The molecule has 2 aliphatic heterocycles. The summed E-state index contributed by atoms with van der Waals surface area (Å²) < 4.78 is 0. The number of nitrogens with one attached hydrogen (secondary N) is 2. The fraction of sp³-hybridized carbons (Fsp3) is 0.929. The molecule has 1 atom stereocenters. The fourth-order valence-corrected chi connectivity index (χ4v) is 2.99. The van der Waals surface area contributed by atoms with Crippen LogP contribution >= 0.6 is 24.8 Å². The number of carbonyl (C=O) groups excluding carboxylic acids is 1. The standard InChI is InChI=1S/C14H27N3O.2ClH/c1-17-8-4-12(5-9-17)3-7-16-14(18)10-13-2-6-15-11-13;;/h12-13,15H,2-11H2,1H3,(H,16,18);2*1H. The molecule has 2 saturated heterocycles. The van der Waals surface area contributed by atoms with Crippen molar-refractivity contribution in [1.82, 2.24) is 15.5 Å². The van der Waals surface area contributed by atoms with Gasteiger partial charge in [-0.15, -0.1) is 24.8 Å². The van der Waals surface area contributed by atoms with E-state index in [1.54, 1.807) is 0 Å². The van der Waals surface area contributed by atoms with Gasteiger partial charge in [-0.05, 0) is 70.7 Å². The Balaban J connectivity index is 0.00000180. The van der Waals surface area contributed by atoms with E-state index in [1.165, 1.54) is 25.9 Å². The second-order valence-electron chi connectivity index (χ2n) is 5.95. The van der Waals surface area contributed by atoms with E-state index in [9.17, 15) is 4.79 Å². The number of nitrogens with zero attached hydrogens (tertiary/aromatic N) is 1. The lowest BCUT2D eigenvalue weighted by atomic mass is 9.94. The zero-order valence-electron chi connectivity index (χ0n) is 12.4. The zero-order chi connectivity index (χ0) is 12.8. The van der Waals surface area contributed by atoms with Crippen molar-refractivity contribution in [1.29, 1.82) is 0 Å². The van der Waals surface area contributed by atoms with Crippen LogP contribution in [0.4, 0.5) is 0 Å². The first-order chi connectivity index (χ1) is 8.74. The first-order valence-electron chi connectivity index (χ1n) is 7.40. The first-order valence-corrected chi connectivity index (χ1v) is 7.40. The van der Waals surface area contributed by atoms with E-state index < -0.39 is 0 Å². The summed E-state index contributed by atoms with van der Waals surface area (Å²) in [5.74, 6) is 1.62. The number of halogens is 2. The monoisotopic (exact) mass is 325 g/mol. The van der Waals surface area contributed by atoms with Gasteiger partial charge in [0.1, 0.15) is 0 Å². The summed E-state index contributed by atoms with van der Waals surface area (Å²) in [5.41, 5.74) is 0. The van der Waals surface area contributed by atoms with Crippen molar-refractivity contribution >= 4 is 30.7 Å². The lowest BCUT2D eigenvalue weighted by molar-refractivity contribution is -0.121. The van der Waals surface area contributed by atoms with E-state index in [2.05, 4.69) is 22.6 Å². The van der Waals surface area contributed by atoms with Gasteiger partial charge in [-0.25, -0.2) is 0 Å². The Morgan fingerprint density at radius 3 is 2.50 bits per heavy atom. The molecule has 0 aromatic heterocycles. The van der Waals surface area contributed by atoms with Crippen LogP contribution in [0.5, 0.6) is 0 Å². The van der Waals surface area contributed by atoms with Gasteiger partial charge in [0.05, 0.1) is 0 Å². The Kier molecular flexibility index (Phi) is 10.6. The minimum atomic E-state index is 0. The van der Waals surface area contributed by atoms with Crippen LogP contribution < -0.4 is 10.6 Å². The highest BCUT2D eigenvalue weighted by atomic mass is 35.5. The highest BCUT2D eigenvalue weighted by Gasteiger charge is 2.19. The van der Waals surface area contributed by atoms with Crippen molar-refractivity contribution < 1.29 is 4.79 Å². The maximum absolute atomic E-state index is 11.7. The molecular formula is C14H29Cl2N3O. The molecule has 2 heterocycles. The molecule has 2 rings (SSSR count). The molecule has 0 spiro atoms. The minimum Gasteiger partial charge on any atom is -0.356 e. The molecule has 0 radical (unpaired) electrons. The van der Waals surface area contributed by atoms with Crippen LogP contribution in [0.2, 0.25) is 0 Å². The molecule has 0 aromatic rings. The molecule has 2 aliphatic rings. The lowest BCUT2D eigenvalue weighted by Gasteiger charge is -2.28. The van der Waals surface area contributed by atoms with Gasteiger partial charge in [0.25, 0.3) is 0 Å². The van der Waals surface area contributed by atoms with Gasteiger partial charge in [0.2, 0.25) is 5.91 Å². The Bertz CT molecular complexity index is 265.